The molecule has 0 bridgehead atoms. The van der Waals surface area contributed by atoms with Crippen molar-refractivity contribution in [1.29, 1.82) is 0 Å². The van der Waals surface area contributed by atoms with Crippen molar-refractivity contribution in [3.05, 3.63) is 35.9 Å². The van der Waals surface area contributed by atoms with Gasteiger partial charge in [0.05, 0.1) is 0 Å². The molecule has 3 N–H and O–H groups in total. The van der Waals surface area contributed by atoms with Gasteiger partial charge in [-0.2, -0.15) is 0 Å². The molecule has 72 valence electrons. The standard InChI is InChI=1S/C11H17NO/c1-2-8-11(13,9-12)10-6-4-3-5-7-10/h3-7,13H,2,8-9,12H2,1H3/t11-/m1/s1. The van der Waals surface area contributed by atoms with Crippen LogP contribution in [-0.4, -0.2) is 11.7 Å². The fraction of sp³-hybridized carbons (Fsp3) is 0.455. The lowest BCUT2D eigenvalue weighted by atomic mass is 9.89. The Hall–Kier alpha value is -0.860. The SMILES string of the molecule is CCC[C@@](O)(CN)c1ccccc1. The van der Waals surface area contributed by atoms with Gasteiger partial charge in [0.1, 0.15) is 5.60 Å². The summed E-state index contributed by atoms with van der Waals surface area (Å²) in [5, 5.41) is 10.2. The first-order valence-corrected chi connectivity index (χ1v) is 4.71. The van der Waals surface area contributed by atoms with E-state index in [4.69, 9.17) is 5.73 Å². The zero-order valence-corrected chi connectivity index (χ0v) is 8.03. The molecule has 0 spiro atoms. The van der Waals surface area contributed by atoms with Crippen LogP contribution in [0.1, 0.15) is 25.3 Å². The summed E-state index contributed by atoms with van der Waals surface area (Å²) in [5.74, 6) is 0. The van der Waals surface area contributed by atoms with Gasteiger partial charge in [-0.25, -0.2) is 0 Å². The number of hydrogen-bond donors (Lipinski definition) is 2. The lowest BCUT2D eigenvalue weighted by Gasteiger charge is -2.26. The minimum atomic E-state index is -0.837. The molecule has 13 heavy (non-hydrogen) atoms. The van der Waals surface area contributed by atoms with Crippen LogP contribution >= 0.6 is 0 Å². The Morgan fingerprint density at radius 3 is 2.38 bits per heavy atom. The number of rotatable bonds is 4. The predicted molar refractivity (Wildman–Crippen MR) is 54.3 cm³/mol. The van der Waals surface area contributed by atoms with Crippen LogP contribution in [0.3, 0.4) is 0 Å². The maximum Gasteiger partial charge on any atom is 0.102 e. The quantitative estimate of drug-likeness (QED) is 0.738. The van der Waals surface area contributed by atoms with Crippen molar-refractivity contribution in [2.24, 2.45) is 5.73 Å². The van der Waals surface area contributed by atoms with Crippen molar-refractivity contribution in [2.45, 2.75) is 25.4 Å². The minimum absolute atomic E-state index is 0.283. The molecule has 0 aliphatic carbocycles. The van der Waals surface area contributed by atoms with E-state index < -0.39 is 5.60 Å². The van der Waals surface area contributed by atoms with Crippen LogP contribution in [0.4, 0.5) is 0 Å². The van der Waals surface area contributed by atoms with Gasteiger partial charge < -0.3 is 10.8 Å². The third-order valence-electron chi connectivity index (χ3n) is 2.31. The minimum Gasteiger partial charge on any atom is -0.384 e. The highest BCUT2D eigenvalue weighted by Gasteiger charge is 2.25. The maximum absolute atomic E-state index is 10.2. The van der Waals surface area contributed by atoms with Crippen LogP contribution in [0.2, 0.25) is 0 Å². The van der Waals surface area contributed by atoms with Crippen LogP contribution in [0.25, 0.3) is 0 Å². The first-order chi connectivity index (χ1) is 6.23. The number of benzene rings is 1. The molecule has 1 rings (SSSR count). The van der Waals surface area contributed by atoms with Crippen molar-refractivity contribution in [3.8, 4) is 0 Å². The first kappa shape index (κ1) is 10.2. The van der Waals surface area contributed by atoms with Gasteiger partial charge in [-0.15, -0.1) is 0 Å². The van der Waals surface area contributed by atoms with Crippen LogP contribution in [0.5, 0.6) is 0 Å². The van der Waals surface area contributed by atoms with Gasteiger partial charge in [0.15, 0.2) is 0 Å². The largest absolute Gasteiger partial charge is 0.384 e. The average Bonchev–Trinajstić information content (AvgIpc) is 2.19. The molecule has 0 amide bonds. The highest BCUT2D eigenvalue weighted by Crippen LogP contribution is 2.24. The van der Waals surface area contributed by atoms with E-state index in [9.17, 15) is 5.11 Å². The lowest BCUT2D eigenvalue weighted by molar-refractivity contribution is 0.0359. The molecular weight excluding hydrogens is 162 g/mol. The zero-order chi connectivity index (χ0) is 9.73. The third kappa shape index (κ3) is 2.29. The van der Waals surface area contributed by atoms with Crippen molar-refractivity contribution < 1.29 is 5.11 Å². The molecule has 1 atom stereocenters. The Labute approximate surface area is 79.4 Å². The molecule has 1 aromatic rings. The summed E-state index contributed by atoms with van der Waals surface area (Å²) in [6.45, 7) is 2.33. The van der Waals surface area contributed by atoms with Crippen LogP contribution in [0, 0.1) is 0 Å². The normalized spacial score (nSPS) is 15.3. The number of hydrogen-bond acceptors (Lipinski definition) is 2. The van der Waals surface area contributed by atoms with Crippen molar-refractivity contribution in [3.63, 3.8) is 0 Å². The molecule has 0 aromatic heterocycles. The van der Waals surface area contributed by atoms with Gasteiger partial charge in [0.25, 0.3) is 0 Å². The second-order valence-corrected chi connectivity index (χ2v) is 3.35. The van der Waals surface area contributed by atoms with Crippen LogP contribution < -0.4 is 5.73 Å². The fourth-order valence-electron chi connectivity index (χ4n) is 1.53. The monoisotopic (exact) mass is 179 g/mol. The second-order valence-electron chi connectivity index (χ2n) is 3.35. The molecule has 2 heteroatoms. The molecule has 0 saturated heterocycles. The van der Waals surface area contributed by atoms with E-state index in [1.54, 1.807) is 0 Å². The Bertz CT molecular complexity index is 248. The highest BCUT2D eigenvalue weighted by atomic mass is 16.3. The predicted octanol–water partition coefficient (Wildman–Crippen LogP) is 1.63. The molecular formula is C11H17NO. The topological polar surface area (TPSA) is 46.2 Å². The van der Waals surface area contributed by atoms with Gasteiger partial charge in [-0.3, -0.25) is 0 Å². The number of aliphatic hydroxyl groups is 1. The zero-order valence-electron chi connectivity index (χ0n) is 8.03. The van der Waals surface area contributed by atoms with Crippen LogP contribution in [0.15, 0.2) is 30.3 Å². The third-order valence-corrected chi connectivity index (χ3v) is 2.31. The average molecular weight is 179 g/mol. The molecule has 0 radical (unpaired) electrons. The van der Waals surface area contributed by atoms with Gasteiger partial charge in [-0.05, 0) is 12.0 Å². The van der Waals surface area contributed by atoms with E-state index in [-0.39, 0.29) is 6.54 Å². The maximum atomic E-state index is 10.2. The molecule has 0 heterocycles. The second kappa shape index (κ2) is 4.40. The van der Waals surface area contributed by atoms with Crippen molar-refractivity contribution in [1.82, 2.24) is 0 Å². The molecule has 2 nitrogen and oxygen atoms in total. The van der Waals surface area contributed by atoms with Crippen molar-refractivity contribution >= 4 is 0 Å². The summed E-state index contributed by atoms with van der Waals surface area (Å²) in [6, 6.07) is 9.62. The van der Waals surface area contributed by atoms with E-state index in [2.05, 4.69) is 0 Å². The highest BCUT2D eigenvalue weighted by molar-refractivity contribution is 5.22. The van der Waals surface area contributed by atoms with E-state index in [1.165, 1.54) is 0 Å². The molecule has 0 unspecified atom stereocenters. The molecule has 0 aliphatic heterocycles. The van der Waals surface area contributed by atoms with Gasteiger partial charge in [-0.1, -0.05) is 43.7 Å². The number of nitrogens with two attached hydrogens (primary N) is 1. The molecule has 0 fully saturated rings. The Morgan fingerprint density at radius 2 is 1.92 bits per heavy atom. The lowest BCUT2D eigenvalue weighted by Crippen LogP contribution is -2.34. The van der Waals surface area contributed by atoms with Gasteiger partial charge >= 0.3 is 0 Å². The van der Waals surface area contributed by atoms with Crippen molar-refractivity contribution in [2.75, 3.05) is 6.54 Å². The summed E-state index contributed by atoms with van der Waals surface area (Å²) in [5.41, 5.74) is 5.65. The van der Waals surface area contributed by atoms with E-state index in [0.29, 0.717) is 6.42 Å². The smallest absolute Gasteiger partial charge is 0.102 e. The summed E-state index contributed by atoms with van der Waals surface area (Å²) < 4.78 is 0. The fourth-order valence-corrected chi connectivity index (χ4v) is 1.53. The van der Waals surface area contributed by atoms with Gasteiger partial charge in [0, 0.05) is 6.54 Å². The van der Waals surface area contributed by atoms with E-state index >= 15 is 0 Å². The summed E-state index contributed by atoms with van der Waals surface area (Å²) in [6.07, 6.45) is 1.65. The summed E-state index contributed by atoms with van der Waals surface area (Å²) in [7, 11) is 0. The van der Waals surface area contributed by atoms with Crippen LogP contribution in [-0.2, 0) is 5.60 Å². The summed E-state index contributed by atoms with van der Waals surface area (Å²) in [4.78, 5) is 0. The molecule has 1 aromatic carbocycles. The Kier molecular flexibility index (Phi) is 3.46. The first-order valence-electron chi connectivity index (χ1n) is 4.71. The van der Waals surface area contributed by atoms with E-state index in [0.717, 1.165) is 12.0 Å². The Morgan fingerprint density at radius 1 is 1.31 bits per heavy atom. The van der Waals surface area contributed by atoms with E-state index in [1.807, 2.05) is 37.3 Å². The van der Waals surface area contributed by atoms with Gasteiger partial charge in [0.2, 0.25) is 0 Å². The Balaban J connectivity index is 2.89. The summed E-state index contributed by atoms with van der Waals surface area (Å²) >= 11 is 0. The molecule has 0 saturated carbocycles. The molecule has 0 aliphatic rings.